The molecule has 7 nitrogen and oxygen atoms in total. The summed E-state index contributed by atoms with van der Waals surface area (Å²) in [5.41, 5.74) is -1.62. The van der Waals surface area contributed by atoms with E-state index in [0.717, 1.165) is 18.2 Å². The van der Waals surface area contributed by atoms with Gasteiger partial charge in [0.15, 0.2) is 21.5 Å². The fraction of sp³-hybridized carbons (Fsp3) is 0.480. The molecule has 36 heavy (non-hydrogen) atoms. The van der Waals surface area contributed by atoms with E-state index in [1.807, 2.05) is 0 Å². The lowest BCUT2D eigenvalue weighted by molar-refractivity contribution is -0.176. The number of amides is 1. The van der Waals surface area contributed by atoms with Crippen LogP contribution in [0, 0.1) is 23.5 Å². The lowest BCUT2D eigenvalue weighted by Crippen LogP contribution is -2.59. The second kappa shape index (κ2) is 9.98. The van der Waals surface area contributed by atoms with E-state index in [9.17, 15) is 37.3 Å². The number of anilines is 1. The molecule has 2 aliphatic carbocycles. The molecule has 0 saturated heterocycles. The molecule has 2 bridgehead atoms. The fourth-order valence-corrected chi connectivity index (χ4v) is 8.03. The van der Waals surface area contributed by atoms with Gasteiger partial charge in [0.2, 0.25) is 0 Å². The number of aliphatic hydroxyl groups is 3. The Morgan fingerprint density at radius 1 is 1.11 bits per heavy atom. The molecule has 2 fully saturated rings. The van der Waals surface area contributed by atoms with Crippen LogP contribution in [-0.4, -0.2) is 52.7 Å². The molecule has 0 spiro atoms. The number of sulfone groups is 1. The molecule has 0 unspecified atom stereocenters. The number of hydrogen-bond donors (Lipinski definition) is 4. The zero-order valence-electron chi connectivity index (χ0n) is 19.5. The Labute approximate surface area is 213 Å². The van der Waals surface area contributed by atoms with E-state index in [0.29, 0.717) is 12.8 Å². The summed E-state index contributed by atoms with van der Waals surface area (Å²) in [5.74, 6) is -3.99. The number of benzene rings is 2. The van der Waals surface area contributed by atoms with Gasteiger partial charge < -0.3 is 20.6 Å². The molecule has 1 amide bonds. The van der Waals surface area contributed by atoms with Gasteiger partial charge >= 0.3 is 0 Å². The number of aliphatic hydroxyl groups excluding tert-OH is 2. The topological polar surface area (TPSA) is 124 Å². The Morgan fingerprint density at radius 3 is 2.33 bits per heavy atom. The third kappa shape index (κ3) is 4.65. The van der Waals surface area contributed by atoms with E-state index >= 15 is 0 Å². The van der Waals surface area contributed by atoms with Gasteiger partial charge in [0.1, 0.15) is 6.10 Å². The van der Waals surface area contributed by atoms with Crippen molar-refractivity contribution in [3.05, 3.63) is 58.6 Å². The Bertz CT molecular complexity index is 1260. The molecule has 2 aromatic carbocycles. The van der Waals surface area contributed by atoms with Crippen molar-refractivity contribution in [2.24, 2.45) is 11.8 Å². The largest absolute Gasteiger partial charge is 0.390 e. The second-order valence-electron chi connectivity index (χ2n) is 9.65. The van der Waals surface area contributed by atoms with Crippen LogP contribution in [0.3, 0.4) is 0 Å². The van der Waals surface area contributed by atoms with E-state index in [-0.39, 0.29) is 40.4 Å². The van der Waals surface area contributed by atoms with Crippen LogP contribution in [-0.2, 0) is 9.84 Å². The van der Waals surface area contributed by atoms with Crippen LogP contribution in [0.2, 0.25) is 5.02 Å². The third-order valence-electron chi connectivity index (χ3n) is 7.64. The van der Waals surface area contributed by atoms with Gasteiger partial charge in [0, 0.05) is 17.3 Å². The summed E-state index contributed by atoms with van der Waals surface area (Å²) in [4.78, 5) is 12.4. The Morgan fingerprint density at radius 2 is 1.75 bits per heavy atom. The maximum absolute atomic E-state index is 13.6. The van der Waals surface area contributed by atoms with E-state index in [1.54, 1.807) is 6.92 Å². The minimum atomic E-state index is -4.04. The lowest BCUT2D eigenvalue weighted by atomic mass is 9.69. The quantitative estimate of drug-likeness (QED) is 0.422. The van der Waals surface area contributed by atoms with Crippen molar-refractivity contribution in [1.29, 1.82) is 0 Å². The third-order valence-corrected chi connectivity index (χ3v) is 10.3. The highest BCUT2D eigenvalue weighted by atomic mass is 35.5. The van der Waals surface area contributed by atoms with Gasteiger partial charge in [-0.15, -0.1) is 0 Å². The van der Waals surface area contributed by atoms with Crippen molar-refractivity contribution in [3.8, 4) is 0 Å². The number of rotatable bonds is 7. The number of halogens is 3. The van der Waals surface area contributed by atoms with E-state index in [1.165, 1.54) is 18.2 Å². The number of carbonyl (C=O) groups is 1. The van der Waals surface area contributed by atoms with Crippen LogP contribution in [0.15, 0.2) is 41.3 Å². The van der Waals surface area contributed by atoms with Crippen molar-refractivity contribution >= 4 is 33.0 Å². The molecule has 4 N–H and O–H groups in total. The normalized spacial score (nSPS) is 27.5. The van der Waals surface area contributed by atoms with Gasteiger partial charge in [-0.3, -0.25) is 4.79 Å². The molecule has 6 atom stereocenters. The molecule has 0 aliphatic heterocycles. The van der Waals surface area contributed by atoms with Crippen LogP contribution < -0.4 is 5.32 Å². The zero-order chi connectivity index (χ0) is 26.4. The summed E-state index contributed by atoms with van der Waals surface area (Å²) < 4.78 is 53.9. The molecule has 4 rings (SSSR count). The van der Waals surface area contributed by atoms with Crippen molar-refractivity contribution in [3.63, 3.8) is 0 Å². The zero-order valence-corrected chi connectivity index (χ0v) is 21.1. The van der Waals surface area contributed by atoms with Crippen LogP contribution in [0.1, 0.15) is 49.4 Å². The average Bonchev–Trinajstić information content (AvgIpc) is 3.00. The van der Waals surface area contributed by atoms with Crippen LogP contribution in [0.25, 0.3) is 0 Å². The summed E-state index contributed by atoms with van der Waals surface area (Å²) in [6.45, 7) is 1.69. The number of hydrogen-bond acceptors (Lipinski definition) is 6. The summed E-state index contributed by atoms with van der Waals surface area (Å²) in [5, 5.41) is 33.5. The number of carbonyl (C=O) groups excluding carboxylic acids is 1. The fourth-order valence-electron chi connectivity index (χ4n) is 5.63. The van der Waals surface area contributed by atoms with Crippen molar-refractivity contribution in [1.82, 2.24) is 0 Å². The lowest BCUT2D eigenvalue weighted by Gasteiger charge is -2.46. The SMILES string of the molecule is CC[C@@H](O)[C@H](O)[C@@]1(O)[C@@H]2CC[C@H]1C[C@H](S(=O)(=O)c1cc(C(=O)Nc3ccc(F)c(F)c3)ccc1Cl)C2. The average molecular weight is 544 g/mol. The molecular weight excluding hydrogens is 516 g/mol. The predicted octanol–water partition coefficient (Wildman–Crippen LogP) is 3.70. The molecule has 196 valence electrons. The Balaban J connectivity index is 1.58. The monoisotopic (exact) mass is 543 g/mol. The summed E-state index contributed by atoms with van der Waals surface area (Å²) in [6, 6.07) is 6.59. The highest BCUT2D eigenvalue weighted by Crippen LogP contribution is 2.54. The van der Waals surface area contributed by atoms with Gasteiger partial charge in [-0.2, -0.15) is 0 Å². The summed E-state index contributed by atoms with van der Waals surface area (Å²) >= 11 is 6.23. The molecule has 2 saturated carbocycles. The molecule has 2 aromatic rings. The van der Waals surface area contributed by atoms with Gasteiger partial charge in [-0.25, -0.2) is 17.2 Å². The van der Waals surface area contributed by atoms with E-state index < -0.39 is 62.3 Å². The van der Waals surface area contributed by atoms with E-state index in [4.69, 9.17) is 11.6 Å². The minimum Gasteiger partial charge on any atom is -0.390 e. The van der Waals surface area contributed by atoms with Crippen molar-refractivity contribution in [2.75, 3.05) is 5.32 Å². The van der Waals surface area contributed by atoms with Crippen molar-refractivity contribution in [2.45, 2.75) is 67.0 Å². The van der Waals surface area contributed by atoms with Crippen LogP contribution >= 0.6 is 11.6 Å². The molecular formula is C25H28ClF2NO6S. The maximum atomic E-state index is 13.6. The van der Waals surface area contributed by atoms with E-state index in [2.05, 4.69) is 5.32 Å². The molecule has 2 aliphatic rings. The molecule has 11 heteroatoms. The van der Waals surface area contributed by atoms with Gasteiger partial charge in [0.25, 0.3) is 5.91 Å². The number of fused-ring (bicyclic) bond motifs is 2. The summed E-state index contributed by atoms with van der Waals surface area (Å²) in [6.07, 6.45) is -1.06. The second-order valence-corrected chi connectivity index (χ2v) is 12.2. The molecule has 0 radical (unpaired) electrons. The van der Waals surface area contributed by atoms with Gasteiger partial charge in [-0.05, 0) is 74.3 Å². The highest BCUT2D eigenvalue weighted by Gasteiger charge is 2.60. The first kappa shape index (κ1) is 26.9. The molecule has 0 aromatic heterocycles. The predicted molar refractivity (Wildman–Crippen MR) is 129 cm³/mol. The first-order valence-electron chi connectivity index (χ1n) is 11.8. The Hall–Kier alpha value is -2.11. The first-order chi connectivity index (χ1) is 16.9. The van der Waals surface area contributed by atoms with Crippen LogP contribution in [0.4, 0.5) is 14.5 Å². The minimum absolute atomic E-state index is 0.00535. The highest BCUT2D eigenvalue weighted by molar-refractivity contribution is 7.92. The van der Waals surface area contributed by atoms with Crippen molar-refractivity contribution < 1.29 is 37.3 Å². The smallest absolute Gasteiger partial charge is 0.255 e. The van der Waals surface area contributed by atoms with Gasteiger partial charge in [0.05, 0.1) is 26.9 Å². The standard InChI is InChI=1S/C25H28ClF2NO6S/c1-2-21(30)23(31)25(33)14-4-5-15(25)11-17(10-14)36(34,35)22-9-13(3-7-18(22)26)24(32)29-16-6-8-19(27)20(28)12-16/h3,6-9,12,14-15,17,21,23,30-31,33H,2,4-5,10-11H2,1H3,(H,29,32)/t14-,15+,17-,21-,23+,25-/m1/s1. The first-order valence-corrected chi connectivity index (χ1v) is 13.7. The maximum Gasteiger partial charge on any atom is 0.255 e. The van der Waals surface area contributed by atoms with Gasteiger partial charge in [-0.1, -0.05) is 18.5 Å². The molecule has 0 heterocycles. The number of nitrogens with one attached hydrogen (secondary N) is 1. The van der Waals surface area contributed by atoms with Crippen LogP contribution in [0.5, 0.6) is 0 Å². The Kier molecular flexibility index (Phi) is 7.47. The summed E-state index contributed by atoms with van der Waals surface area (Å²) in [7, 11) is -4.04.